The Labute approximate surface area is 277 Å². The van der Waals surface area contributed by atoms with Crippen LogP contribution in [0.25, 0.3) is 10.8 Å². The summed E-state index contributed by atoms with van der Waals surface area (Å²) in [6.07, 6.45) is 2.64. The second-order valence-electron chi connectivity index (χ2n) is 14.1. The van der Waals surface area contributed by atoms with Gasteiger partial charge in [-0.2, -0.15) is 0 Å². The zero-order chi connectivity index (χ0) is 34.5. The van der Waals surface area contributed by atoms with Crippen molar-refractivity contribution in [2.45, 2.75) is 83.0 Å². The van der Waals surface area contributed by atoms with E-state index in [-0.39, 0.29) is 24.7 Å². The van der Waals surface area contributed by atoms with Crippen LogP contribution in [0.3, 0.4) is 0 Å². The van der Waals surface area contributed by atoms with Gasteiger partial charge in [-0.05, 0) is 87.4 Å². The van der Waals surface area contributed by atoms with Crippen molar-refractivity contribution in [1.82, 2.24) is 9.80 Å². The molecule has 1 aliphatic heterocycles. The summed E-state index contributed by atoms with van der Waals surface area (Å²) in [4.78, 5) is 45.7. The lowest BCUT2D eigenvalue weighted by atomic mass is 9.74. The van der Waals surface area contributed by atoms with Gasteiger partial charge in [0.2, 0.25) is 11.8 Å². The van der Waals surface area contributed by atoms with Crippen LogP contribution in [-0.2, 0) is 27.2 Å². The third-order valence-corrected chi connectivity index (χ3v) is 9.15. The summed E-state index contributed by atoms with van der Waals surface area (Å²) in [7, 11) is 1.59. The van der Waals surface area contributed by atoms with Gasteiger partial charge in [0, 0.05) is 38.2 Å². The number of nitrogens with zero attached hydrogens (tertiary/aromatic N) is 2. The molecule has 5 N–H and O–H groups in total. The smallest absolute Gasteiger partial charge is 0.246 e. The second kappa shape index (κ2) is 14.9. The molecule has 1 aliphatic rings. The van der Waals surface area contributed by atoms with Crippen LogP contribution in [0.4, 0.5) is 4.39 Å². The molecule has 47 heavy (non-hydrogen) atoms. The predicted molar refractivity (Wildman–Crippen MR) is 184 cm³/mol. The number of nitrogens with two attached hydrogens (primary N) is 2. The van der Waals surface area contributed by atoms with E-state index in [2.05, 4.69) is 0 Å². The molecule has 0 saturated carbocycles. The minimum absolute atomic E-state index is 0.0991. The van der Waals surface area contributed by atoms with Gasteiger partial charge in [-0.25, -0.2) is 4.39 Å². The maximum atomic E-state index is 14.8. The van der Waals surface area contributed by atoms with E-state index >= 15 is 0 Å². The normalized spacial score (nSPS) is 17.2. The van der Waals surface area contributed by atoms with Gasteiger partial charge in [-0.1, -0.05) is 60.2 Å². The number of hydrogen-bond acceptors (Lipinski definition) is 6. The number of fused-ring (bicyclic) bond motifs is 1. The molecular weight excluding hydrogens is 595 g/mol. The highest BCUT2D eigenvalue weighted by molar-refractivity contribution is 6.01. The third kappa shape index (κ3) is 9.34. The number of aliphatic hydroxyl groups is 1. The monoisotopic (exact) mass is 644 g/mol. The summed E-state index contributed by atoms with van der Waals surface area (Å²) in [6, 6.07) is 18.6. The molecule has 0 spiro atoms. The largest absolute Gasteiger partial charge is 0.393 e. The highest BCUT2D eigenvalue weighted by Gasteiger charge is 2.47. The van der Waals surface area contributed by atoms with Crippen molar-refractivity contribution in [1.29, 1.82) is 0 Å². The van der Waals surface area contributed by atoms with E-state index in [1.165, 1.54) is 23.1 Å². The van der Waals surface area contributed by atoms with Crippen LogP contribution < -0.4 is 11.5 Å². The summed E-state index contributed by atoms with van der Waals surface area (Å²) in [5, 5.41) is 12.1. The average Bonchev–Trinajstić information content (AvgIpc) is 3.01. The van der Waals surface area contributed by atoms with Crippen molar-refractivity contribution in [2.75, 3.05) is 20.1 Å². The van der Waals surface area contributed by atoms with Gasteiger partial charge in [0.05, 0.1) is 23.6 Å². The number of halogens is 1. The molecule has 9 heteroatoms. The Morgan fingerprint density at radius 3 is 2.17 bits per heavy atom. The van der Waals surface area contributed by atoms with Gasteiger partial charge in [0.15, 0.2) is 5.78 Å². The number of aliphatic hydroxyl groups excluding tert-OH is 1. The van der Waals surface area contributed by atoms with Gasteiger partial charge in [0.1, 0.15) is 5.82 Å². The second-order valence-corrected chi connectivity index (χ2v) is 14.1. The number of likely N-dealkylation sites (N-methyl/N-ethyl adjacent to an activating group) is 1. The first-order chi connectivity index (χ1) is 22.0. The fourth-order valence-corrected chi connectivity index (χ4v) is 6.48. The molecule has 1 fully saturated rings. The quantitative estimate of drug-likeness (QED) is 0.248. The number of piperidine rings is 1. The molecule has 2 amide bonds. The average molecular weight is 645 g/mol. The first-order valence-corrected chi connectivity index (χ1v) is 16.3. The van der Waals surface area contributed by atoms with Crippen molar-refractivity contribution in [2.24, 2.45) is 17.4 Å². The van der Waals surface area contributed by atoms with Gasteiger partial charge in [0.25, 0.3) is 0 Å². The van der Waals surface area contributed by atoms with E-state index in [4.69, 9.17) is 11.5 Å². The maximum Gasteiger partial charge on any atom is 0.246 e. The topological polar surface area (TPSA) is 130 Å². The van der Waals surface area contributed by atoms with Gasteiger partial charge < -0.3 is 26.4 Å². The molecule has 252 valence electrons. The highest BCUT2D eigenvalue weighted by atomic mass is 19.1. The number of carbonyl (C=O) groups is 3. The van der Waals surface area contributed by atoms with E-state index in [1.807, 2.05) is 63.2 Å². The fourth-order valence-electron chi connectivity index (χ4n) is 6.48. The molecule has 3 aromatic rings. The first-order valence-electron chi connectivity index (χ1n) is 16.3. The molecule has 4 rings (SSSR count). The zero-order valence-electron chi connectivity index (χ0n) is 28.2. The fraction of sp³-hybridized carbons (Fsp3) is 0.447. The summed E-state index contributed by atoms with van der Waals surface area (Å²) in [5.41, 5.74) is 13.2. The van der Waals surface area contributed by atoms with Crippen LogP contribution in [0.2, 0.25) is 0 Å². The standard InChI is InChI=1S/C38H49FN4O4/c1-25(24-37(2,3)40)20-34(45)42(5)33(23-27-10-13-28-8-6-7-9-29(28)21-27)35(46)38(4,41)32(22-26-11-14-30(39)15-12-26)36(47)43-18-16-31(44)17-19-43/h6-15,20-21,31-33,44H,16-19,22-24,40-41H2,1-5H3/b25-20+/t32-,33-,38?/m1/s1. The van der Waals surface area contributed by atoms with E-state index in [1.54, 1.807) is 31.0 Å². The Kier molecular flexibility index (Phi) is 11.4. The minimum atomic E-state index is -1.71. The van der Waals surface area contributed by atoms with E-state index in [0.717, 1.165) is 21.9 Å². The Bertz CT molecular complexity index is 1600. The summed E-state index contributed by atoms with van der Waals surface area (Å²) < 4.78 is 13.8. The number of Topliss-reactive ketones (excluding diaryl/α,β-unsaturated/α-hetero) is 1. The lowest BCUT2D eigenvalue weighted by molar-refractivity contribution is -0.146. The van der Waals surface area contributed by atoms with Crippen molar-refractivity contribution in [3.8, 4) is 0 Å². The van der Waals surface area contributed by atoms with Gasteiger partial charge in [-0.15, -0.1) is 0 Å². The van der Waals surface area contributed by atoms with Crippen LogP contribution in [0.15, 0.2) is 78.4 Å². The number of amides is 2. The Morgan fingerprint density at radius 2 is 1.55 bits per heavy atom. The molecule has 0 radical (unpaired) electrons. The molecule has 1 unspecified atom stereocenters. The van der Waals surface area contributed by atoms with Crippen LogP contribution in [-0.4, -0.2) is 75.9 Å². The summed E-state index contributed by atoms with van der Waals surface area (Å²) >= 11 is 0. The van der Waals surface area contributed by atoms with E-state index in [0.29, 0.717) is 37.9 Å². The molecule has 0 bridgehead atoms. The first kappa shape index (κ1) is 35.9. The Hall–Kier alpha value is -3.92. The number of hydrogen-bond donors (Lipinski definition) is 3. The van der Waals surface area contributed by atoms with E-state index < -0.39 is 40.7 Å². The third-order valence-electron chi connectivity index (χ3n) is 9.15. The highest BCUT2D eigenvalue weighted by Crippen LogP contribution is 2.29. The lowest BCUT2D eigenvalue weighted by Crippen LogP contribution is -2.63. The summed E-state index contributed by atoms with van der Waals surface area (Å²) in [5.74, 6) is -2.55. The van der Waals surface area contributed by atoms with Crippen molar-refractivity contribution >= 4 is 28.4 Å². The molecule has 0 aliphatic carbocycles. The van der Waals surface area contributed by atoms with Crippen LogP contribution in [0.1, 0.15) is 58.1 Å². The molecule has 1 heterocycles. The number of rotatable bonds is 12. The van der Waals surface area contributed by atoms with Crippen molar-refractivity contribution in [3.05, 3.63) is 95.3 Å². The molecule has 3 atom stereocenters. The van der Waals surface area contributed by atoms with Crippen LogP contribution in [0, 0.1) is 11.7 Å². The molecule has 1 saturated heterocycles. The number of ketones is 1. The Balaban J connectivity index is 1.73. The molecule has 3 aromatic carbocycles. The Morgan fingerprint density at radius 1 is 0.957 bits per heavy atom. The van der Waals surface area contributed by atoms with Crippen LogP contribution in [0.5, 0.6) is 0 Å². The van der Waals surface area contributed by atoms with E-state index in [9.17, 15) is 23.9 Å². The van der Waals surface area contributed by atoms with Gasteiger partial charge >= 0.3 is 0 Å². The van der Waals surface area contributed by atoms with Crippen molar-refractivity contribution in [3.63, 3.8) is 0 Å². The zero-order valence-corrected chi connectivity index (χ0v) is 28.2. The number of carbonyl (C=O) groups excluding carboxylic acids is 3. The number of likely N-dealkylation sites (tertiary alicyclic amines) is 1. The SMILES string of the molecule is C/C(=C\C(=O)N(C)[C@H](Cc1ccc2ccccc2c1)C(=O)C(C)(N)[C@H](Cc1ccc(F)cc1)C(=O)N1CCC(O)CC1)CC(C)(C)N. The minimum Gasteiger partial charge on any atom is -0.393 e. The van der Waals surface area contributed by atoms with Crippen molar-refractivity contribution < 1.29 is 23.9 Å². The summed E-state index contributed by atoms with van der Waals surface area (Å²) in [6.45, 7) is 7.83. The maximum absolute atomic E-state index is 14.8. The van der Waals surface area contributed by atoms with Crippen LogP contribution >= 0.6 is 0 Å². The lowest BCUT2D eigenvalue weighted by Gasteiger charge is -2.40. The predicted octanol–water partition coefficient (Wildman–Crippen LogP) is 4.55. The van der Waals surface area contributed by atoms with Gasteiger partial charge in [-0.3, -0.25) is 14.4 Å². The molecule has 0 aromatic heterocycles. The molecular formula is C38H49FN4O4. The molecule has 8 nitrogen and oxygen atoms in total. The number of benzene rings is 3.